The first kappa shape index (κ1) is 13.2. The minimum absolute atomic E-state index is 0.217. The molecule has 0 N–H and O–H groups in total. The fourth-order valence-electron chi connectivity index (χ4n) is 2.37. The van der Waals surface area contributed by atoms with Gasteiger partial charge in [0.1, 0.15) is 0 Å². The lowest BCUT2D eigenvalue weighted by molar-refractivity contribution is 0.0213. The van der Waals surface area contributed by atoms with Crippen molar-refractivity contribution < 1.29 is 9.53 Å². The van der Waals surface area contributed by atoms with E-state index in [-0.39, 0.29) is 11.2 Å². The second-order valence-electron chi connectivity index (χ2n) is 5.47. The molecule has 0 unspecified atom stereocenters. The van der Waals surface area contributed by atoms with E-state index >= 15 is 0 Å². The zero-order chi connectivity index (χ0) is 13.0. The van der Waals surface area contributed by atoms with Crippen LogP contribution in [-0.4, -0.2) is 43.5 Å². The number of carbonyl (C=O) groups is 1. The minimum atomic E-state index is -0.349. The first-order chi connectivity index (χ1) is 8.59. The maximum atomic E-state index is 12.5. The van der Waals surface area contributed by atoms with Gasteiger partial charge in [-0.15, -0.1) is 0 Å². The quantitative estimate of drug-likeness (QED) is 0.764. The van der Waals surface area contributed by atoms with Crippen molar-refractivity contribution in [2.45, 2.75) is 13.8 Å². The Morgan fingerprint density at radius 3 is 2.44 bits per heavy atom. The van der Waals surface area contributed by atoms with Gasteiger partial charge in [-0.25, -0.2) is 0 Å². The van der Waals surface area contributed by atoms with Gasteiger partial charge >= 0.3 is 0 Å². The van der Waals surface area contributed by atoms with E-state index in [4.69, 9.17) is 4.74 Å². The number of morpholine rings is 1. The Labute approximate surface area is 109 Å². The largest absolute Gasteiger partial charge is 0.379 e. The van der Waals surface area contributed by atoms with Crippen molar-refractivity contribution in [2.75, 3.05) is 32.8 Å². The Bertz CT molecular complexity index is 394. The Kier molecular flexibility index (Phi) is 4.15. The van der Waals surface area contributed by atoms with Gasteiger partial charge in [-0.3, -0.25) is 9.69 Å². The number of rotatable bonds is 4. The average Bonchev–Trinajstić information content (AvgIpc) is 2.39. The number of hydrogen-bond acceptors (Lipinski definition) is 3. The Morgan fingerprint density at radius 2 is 1.83 bits per heavy atom. The molecule has 3 nitrogen and oxygen atoms in total. The predicted octanol–water partition coefficient (Wildman–Crippen LogP) is 2.23. The number of Topliss-reactive ketones (excluding diaryl/α,β-unsaturated/α-hetero) is 1. The lowest BCUT2D eigenvalue weighted by Gasteiger charge is -2.33. The molecule has 1 aliphatic heterocycles. The Morgan fingerprint density at radius 1 is 1.22 bits per heavy atom. The highest BCUT2D eigenvalue weighted by Crippen LogP contribution is 2.23. The first-order valence-electron chi connectivity index (χ1n) is 6.49. The van der Waals surface area contributed by atoms with Crippen molar-refractivity contribution in [3.05, 3.63) is 35.9 Å². The molecular weight excluding hydrogens is 226 g/mol. The Balaban J connectivity index is 2.03. The summed E-state index contributed by atoms with van der Waals surface area (Å²) in [7, 11) is 0. The highest BCUT2D eigenvalue weighted by atomic mass is 16.5. The van der Waals surface area contributed by atoms with Crippen LogP contribution in [0.25, 0.3) is 0 Å². The Hall–Kier alpha value is -1.19. The van der Waals surface area contributed by atoms with Gasteiger partial charge in [-0.1, -0.05) is 44.2 Å². The molecule has 0 bridgehead atoms. The summed E-state index contributed by atoms with van der Waals surface area (Å²) in [6, 6.07) is 9.55. The van der Waals surface area contributed by atoms with Crippen LogP contribution in [0.5, 0.6) is 0 Å². The number of ketones is 1. The van der Waals surface area contributed by atoms with Gasteiger partial charge in [-0.05, 0) is 0 Å². The number of carbonyl (C=O) groups excluding carboxylic acids is 1. The molecule has 1 aromatic carbocycles. The third-order valence-electron chi connectivity index (χ3n) is 3.37. The lowest BCUT2D eigenvalue weighted by Crippen LogP contribution is -2.44. The summed E-state index contributed by atoms with van der Waals surface area (Å²) in [5.41, 5.74) is 0.453. The van der Waals surface area contributed by atoms with E-state index in [0.717, 1.165) is 38.4 Å². The van der Waals surface area contributed by atoms with Crippen LogP contribution >= 0.6 is 0 Å². The molecule has 98 valence electrons. The highest BCUT2D eigenvalue weighted by Gasteiger charge is 2.31. The third-order valence-corrected chi connectivity index (χ3v) is 3.37. The molecule has 1 heterocycles. The highest BCUT2D eigenvalue weighted by molar-refractivity contribution is 6.00. The van der Waals surface area contributed by atoms with Crippen molar-refractivity contribution in [1.29, 1.82) is 0 Å². The summed E-state index contributed by atoms with van der Waals surface area (Å²) in [4.78, 5) is 14.8. The second kappa shape index (κ2) is 5.63. The van der Waals surface area contributed by atoms with Crippen LogP contribution < -0.4 is 0 Å². The fourth-order valence-corrected chi connectivity index (χ4v) is 2.37. The van der Waals surface area contributed by atoms with Crippen molar-refractivity contribution in [2.24, 2.45) is 5.41 Å². The van der Waals surface area contributed by atoms with E-state index in [1.807, 2.05) is 44.2 Å². The van der Waals surface area contributed by atoms with E-state index in [2.05, 4.69) is 4.90 Å². The van der Waals surface area contributed by atoms with E-state index in [0.29, 0.717) is 0 Å². The van der Waals surface area contributed by atoms with Crippen LogP contribution in [0, 0.1) is 5.41 Å². The molecule has 0 atom stereocenters. The van der Waals surface area contributed by atoms with Gasteiger partial charge in [0.2, 0.25) is 0 Å². The summed E-state index contributed by atoms with van der Waals surface area (Å²) >= 11 is 0. The fraction of sp³-hybridized carbons (Fsp3) is 0.533. The number of hydrogen-bond donors (Lipinski definition) is 0. The maximum absolute atomic E-state index is 12.5. The van der Waals surface area contributed by atoms with E-state index in [1.165, 1.54) is 0 Å². The van der Waals surface area contributed by atoms with Gasteiger partial charge in [0.05, 0.1) is 13.2 Å². The molecule has 0 amide bonds. The van der Waals surface area contributed by atoms with Crippen LogP contribution in [0.3, 0.4) is 0 Å². The first-order valence-corrected chi connectivity index (χ1v) is 6.49. The molecule has 18 heavy (non-hydrogen) atoms. The molecule has 0 aromatic heterocycles. The molecule has 0 aliphatic carbocycles. The molecule has 3 heteroatoms. The van der Waals surface area contributed by atoms with Crippen LogP contribution in [0.15, 0.2) is 30.3 Å². The normalized spacial score (nSPS) is 17.7. The van der Waals surface area contributed by atoms with E-state index in [1.54, 1.807) is 0 Å². The third kappa shape index (κ3) is 3.18. The van der Waals surface area contributed by atoms with Gasteiger partial charge < -0.3 is 4.74 Å². The lowest BCUT2D eigenvalue weighted by atomic mass is 9.83. The van der Waals surface area contributed by atoms with Crippen molar-refractivity contribution in [3.63, 3.8) is 0 Å². The van der Waals surface area contributed by atoms with E-state index in [9.17, 15) is 4.79 Å². The summed E-state index contributed by atoms with van der Waals surface area (Å²) < 4.78 is 5.33. The van der Waals surface area contributed by atoms with Crippen LogP contribution in [0.2, 0.25) is 0 Å². The molecule has 1 fully saturated rings. The molecule has 1 saturated heterocycles. The van der Waals surface area contributed by atoms with Gasteiger partial charge in [0, 0.05) is 30.6 Å². The van der Waals surface area contributed by atoms with Crippen molar-refractivity contribution >= 4 is 5.78 Å². The SMILES string of the molecule is CC(C)(CN1CCOCC1)C(=O)c1ccccc1. The van der Waals surface area contributed by atoms with Gasteiger partial charge in [0.15, 0.2) is 5.78 Å². The predicted molar refractivity (Wildman–Crippen MR) is 71.8 cm³/mol. The summed E-state index contributed by atoms with van der Waals surface area (Å²) in [5.74, 6) is 0.217. The molecule has 1 aromatic rings. The van der Waals surface area contributed by atoms with Crippen LogP contribution in [-0.2, 0) is 4.74 Å². The average molecular weight is 247 g/mol. The standard InChI is InChI=1S/C15H21NO2/c1-15(2,12-16-8-10-18-11-9-16)14(17)13-6-4-3-5-7-13/h3-7H,8-12H2,1-2H3. The topological polar surface area (TPSA) is 29.5 Å². The molecule has 0 saturated carbocycles. The van der Waals surface area contributed by atoms with Crippen molar-refractivity contribution in [3.8, 4) is 0 Å². The van der Waals surface area contributed by atoms with Crippen LogP contribution in [0.4, 0.5) is 0 Å². The zero-order valence-corrected chi connectivity index (χ0v) is 11.2. The van der Waals surface area contributed by atoms with Gasteiger partial charge in [-0.2, -0.15) is 0 Å². The monoisotopic (exact) mass is 247 g/mol. The maximum Gasteiger partial charge on any atom is 0.169 e. The number of ether oxygens (including phenoxy) is 1. The summed E-state index contributed by atoms with van der Waals surface area (Å²) in [6.45, 7) is 8.24. The van der Waals surface area contributed by atoms with E-state index < -0.39 is 0 Å². The molecule has 1 aliphatic rings. The van der Waals surface area contributed by atoms with Crippen LogP contribution in [0.1, 0.15) is 24.2 Å². The minimum Gasteiger partial charge on any atom is -0.379 e. The molecule has 0 spiro atoms. The number of benzene rings is 1. The molecule has 2 rings (SSSR count). The zero-order valence-electron chi connectivity index (χ0n) is 11.2. The second-order valence-corrected chi connectivity index (χ2v) is 5.47. The summed E-state index contributed by atoms with van der Waals surface area (Å²) in [5, 5.41) is 0. The molecule has 0 radical (unpaired) electrons. The number of nitrogens with zero attached hydrogens (tertiary/aromatic N) is 1. The molecular formula is C15H21NO2. The summed E-state index contributed by atoms with van der Waals surface area (Å²) in [6.07, 6.45) is 0. The van der Waals surface area contributed by atoms with Crippen molar-refractivity contribution in [1.82, 2.24) is 4.90 Å². The smallest absolute Gasteiger partial charge is 0.169 e. The van der Waals surface area contributed by atoms with Gasteiger partial charge in [0.25, 0.3) is 0 Å².